The van der Waals surface area contributed by atoms with Crippen LogP contribution < -0.4 is 0 Å². The molecule has 1 aromatic heterocycles. The molecule has 0 bridgehead atoms. The van der Waals surface area contributed by atoms with Crippen molar-refractivity contribution >= 4 is 10.9 Å². The quantitative estimate of drug-likeness (QED) is 0.677. The van der Waals surface area contributed by atoms with Crippen molar-refractivity contribution < 1.29 is 0 Å². The highest BCUT2D eigenvalue weighted by molar-refractivity contribution is 5.91. The van der Waals surface area contributed by atoms with E-state index in [9.17, 15) is 0 Å². The van der Waals surface area contributed by atoms with Crippen molar-refractivity contribution in [3.05, 3.63) is 34.0 Å². The highest BCUT2D eigenvalue weighted by Gasteiger charge is 2.16. The summed E-state index contributed by atoms with van der Waals surface area (Å²) >= 11 is 0. The Balaban J connectivity index is 2.99. The SMILES string of the molecule is Cc1c(C(C)C)cc(C)c2c1c(C)c(C)n2C. The maximum Gasteiger partial charge on any atom is 0.0515 e. The first-order valence-electron chi connectivity index (χ1n) is 6.42. The molecule has 17 heavy (non-hydrogen) atoms. The monoisotopic (exact) mass is 229 g/mol. The molecule has 0 N–H and O–H groups in total. The second kappa shape index (κ2) is 3.90. The van der Waals surface area contributed by atoms with Gasteiger partial charge in [-0.15, -0.1) is 0 Å². The van der Waals surface area contributed by atoms with Gasteiger partial charge in [0.15, 0.2) is 0 Å². The molecule has 0 aliphatic rings. The Morgan fingerprint density at radius 2 is 1.59 bits per heavy atom. The van der Waals surface area contributed by atoms with Crippen LogP contribution in [0.15, 0.2) is 6.07 Å². The van der Waals surface area contributed by atoms with E-state index in [4.69, 9.17) is 0 Å². The number of benzene rings is 1. The first-order chi connectivity index (χ1) is 7.86. The third kappa shape index (κ3) is 1.60. The van der Waals surface area contributed by atoms with E-state index in [1.165, 1.54) is 38.9 Å². The first-order valence-corrected chi connectivity index (χ1v) is 6.42. The molecule has 1 heteroatoms. The summed E-state index contributed by atoms with van der Waals surface area (Å²) in [7, 11) is 2.17. The van der Waals surface area contributed by atoms with Crippen molar-refractivity contribution in [2.75, 3.05) is 0 Å². The molecule has 0 unspecified atom stereocenters. The summed E-state index contributed by atoms with van der Waals surface area (Å²) in [5, 5.41) is 1.47. The van der Waals surface area contributed by atoms with Crippen molar-refractivity contribution in [3.8, 4) is 0 Å². The van der Waals surface area contributed by atoms with Crippen molar-refractivity contribution in [2.45, 2.75) is 47.5 Å². The Morgan fingerprint density at radius 3 is 2.12 bits per heavy atom. The summed E-state index contributed by atoms with van der Waals surface area (Å²) in [5.74, 6) is 0.595. The maximum absolute atomic E-state index is 2.36. The number of aryl methyl sites for hydroxylation is 4. The van der Waals surface area contributed by atoms with Crippen LogP contribution in [0.4, 0.5) is 0 Å². The zero-order valence-corrected chi connectivity index (χ0v) is 12.1. The Bertz CT molecular complexity index is 586. The lowest BCUT2D eigenvalue weighted by atomic mass is 9.92. The van der Waals surface area contributed by atoms with E-state index in [1.807, 2.05) is 0 Å². The predicted molar refractivity (Wildman–Crippen MR) is 76.0 cm³/mol. The summed E-state index contributed by atoms with van der Waals surface area (Å²) < 4.78 is 2.33. The molecule has 0 amide bonds. The third-order valence-corrected chi connectivity index (χ3v) is 4.17. The fraction of sp³-hybridized carbons (Fsp3) is 0.500. The zero-order valence-electron chi connectivity index (χ0n) is 12.1. The van der Waals surface area contributed by atoms with E-state index in [0.29, 0.717) is 5.92 Å². The van der Waals surface area contributed by atoms with Gasteiger partial charge in [0.25, 0.3) is 0 Å². The Hall–Kier alpha value is -1.24. The second-order valence-corrected chi connectivity index (χ2v) is 5.56. The molecule has 0 radical (unpaired) electrons. The second-order valence-electron chi connectivity index (χ2n) is 5.56. The first kappa shape index (κ1) is 12.2. The van der Waals surface area contributed by atoms with Gasteiger partial charge in [-0.1, -0.05) is 19.9 Å². The van der Waals surface area contributed by atoms with Gasteiger partial charge >= 0.3 is 0 Å². The summed E-state index contributed by atoms with van der Waals surface area (Å²) in [6.07, 6.45) is 0. The number of rotatable bonds is 1. The molecule has 2 aromatic rings. The van der Waals surface area contributed by atoms with Crippen molar-refractivity contribution in [3.63, 3.8) is 0 Å². The summed E-state index contributed by atoms with van der Waals surface area (Å²) in [4.78, 5) is 0. The molecule has 1 aromatic carbocycles. The molecular formula is C16H23N. The lowest BCUT2D eigenvalue weighted by molar-refractivity contribution is 0.856. The molecule has 92 valence electrons. The summed E-state index contributed by atoms with van der Waals surface area (Å²) in [5.41, 5.74) is 8.57. The van der Waals surface area contributed by atoms with Gasteiger partial charge in [-0.25, -0.2) is 0 Å². The number of fused-ring (bicyclic) bond motifs is 1. The van der Waals surface area contributed by atoms with Crippen LogP contribution in [-0.2, 0) is 7.05 Å². The number of nitrogens with zero attached hydrogens (tertiary/aromatic N) is 1. The largest absolute Gasteiger partial charge is 0.347 e. The molecule has 0 aliphatic carbocycles. The van der Waals surface area contributed by atoms with Gasteiger partial charge in [0, 0.05) is 18.1 Å². The van der Waals surface area contributed by atoms with Crippen LogP contribution >= 0.6 is 0 Å². The molecule has 0 saturated carbocycles. The van der Waals surface area contributed by atoms with Gasteiger partial charge in [0.05, 0.1) is 5.52 Å². The zero-order chi connectivity index (χ0) is 12.9. The number of hydrogen-bond acceptors (Lipinski definition) is 0. The van der Waals surface area contributed by atoms with Crippen LogP contribution in [0, 0.1) is 27.7 Å². The average molecular weight is 229 g/mol. The minimum atomic E-state index is 0.595. The topological polar surface area (TPSA) is 4.93 Å². The molecule has 1 nitrogen and oxygen atoms in total. The van der Waals surface area contributed by atoms with Gasteiger partial charge in [0.1, 0.15) is 0 Å². The highest BCUT2D eigenvalue weighted by atomic mass is 14.9. The van der Waals surface area contributed by atoms with Gasteiger partial charge < -0.3 is 4.57 Å². The fourth-order valence-corrected chi connectivity index (χ4v) is 3.02. The van der Waals surface area contributed by atoms with Crippen LogP contribution in [0.2, 0.25) is 0 Å². The van der Waals surface area contributed by atoms with Crippen LogP contribution in [0.25, 0.3) is 10.9 Å². The van der Waals surface area contributed by atoms with Gasteiger partial charge in [-0.3, -0.25) is 0 Å². The summed E-state index contributed by atoms with van der Waals surface area (Å²) in [6.45, 7) is 13.5. The van der Waals surface area contributed by atoms with E-state index in [2.05, 4.69) is 59.2 Å². The fourth-order valence-electron chi connectivity index (χ4n) is 3.02. The van der Waals surface area contributed by atoms with Crippen LogP contribution in [-0.4, -0.2) is 4.57 Å². The summed E-state index contributed by atoms with van der Waals surface area (Å²) in [6, 6.07) is 2.36. The van der Waals surface area contributed by atoms with Crippen molar-refractivity contribution in [1.29, 1.82) is 0 Å². The number of hydrogen-bond donors (Lipinski definition) is 0. The smallest absolute Gasteiger partial charge is 0.0515 e. The Morgan fingerprint density at radius 1 is 1.00 bits per heavy atom. The van der Waals surface area contributed by atoms with Gasteiger partial charge in [-0.05, 0) is 55.9 Å². The molecule has 0 aliphatic heterocycles. The van der Waals surface area contributed by atoms with E-state index in [0.717, 1.165) is 0 Å². The lowest BCUT2D eigenvalue weighted by Gasteiger charge is -2.14. The molecule has 0 spiro atoms. The highest BCUT2D eigenvalue weighted by Crippen LogP contribution is 2.34. The number of aromatic nitrogens is 1. The van der Waals surface area contributed by atoms with Crippen molar-refractivity contribution in [2.24, 2.45) is 7.05 Å². The van der Waals surface area contributed by atoms with E-state index in [-0.39, 0.29) is 0 Å². The minimum absolute atomic E-state index is 0.595. The average Bonchev–Trinajstić information content (AvgIpc) is 2.48. The standard InChI is InChI=1S/C16H23N/c1-9(2)14-8-10(3)16-15(12(14)5)11(4)13(6)17(16)7/h8-9H,1-7H3. The van der Waals surface area contributed by atoms with Gasteiger partial charge in [-0.2, -0.15) is 0 Å². The van der Waals surface area contributed by atoms with Crippen LogP contribution in [0.3, 0.4) is 0 Å². The maximum atomic E-state index is 2.36. The molecule has 0 saturated heterocycles. The lowest BCUT2D eigenvalue weighted by Crippen LogP contribution is -1.97. The van der Waals surface area contributed by atoms with E-state index < -0.39 is 0 Å². The Labute approximate surface area is 104 Å². The molecule has 1 heterocycles. The predicted octanol–water partition coefficient (Wildman–Crippen LogP) is 4.54. The molecule has 0 fully saturated rings. The van der Waals surface area contributed by atoms with E-state index >= 15 is 0 Å². The Kier molecular flexibility index (Phi) is 2.81. The minimum Gasteiger partial charge on any atom is -0.347 e. The van der Waals surface area contributed by atoms with Gasteiger partial charge in [0.2, 0.25) is 0 Å². The normalized spacial score (nSPS) is 11.8. The third-order valence-electron chi connectivity index (χ3n) is 4.17. The van der Waals surface area contributed by atoms with Crippen molar-refractivity contribution in [1.82, 2.24) is 4.57 Å². The molecular weight excluding hydrogens is 206 g/mol. The molecule has 0 atom stereocenters. The van der Waals surface area contributed by atoms with Crippen LogP contribution in [0.1, 0.15) is 47.7 Å². The van der Waals surface area contributed by atoms with E-state index in [1.54, 1.807) is 0 Å². The van der Waals surface area contributed by atoms with Crippen LogP contribution in [0.5, 0.6) is 0 Å². The molecule has 2 rings (SSSR count).